The van der Waals surface area contributed by atoms with Crippen LogP contribution in [0.1, 0.15) is 37.8 Å². The van der Waals surface area contributed by atoms with Gasteiger partial charge in [-0.2, -0.15) is 0 Å². The molecule has 0 amide bonds. The first-order chi connectivity index (χ1) is 20.4. The quantitative estimate of drug-likeness (QED) is 0.220. The van der Waals surface area contributed by atoms with Gasteiger partial charge in [-0.1, -0.05) is 106 Å². The van der Waals surface area contributed by atoms with Crippen LogP contribution < -0.4 is 4.90 Å². The van der Waals surface area contributed by atoms with E-state index in [0.717, 1.165) is 33.3 Å². The van der Waals surface area contributed by atoms with Crippen molar-refractivity contribution in [3.63, 3.8) is 0 Å². The molecule has 0 N–H and O–H groups in total. The second-order valence-electron chi connectivity index (χ2n) is 12.4. The van der Waals surface area contributed by atoms with Gasteiger partial charge in [0, 0.05) is 39.2 Å². The van der Waals surface area contributed by atoms with Gasteiger partial charge in [-0.3, -0.25) is 0 Å². The lowest BCUT2D eigenvalue weighted by Crippen LogP contribution is -2.36. The van der Waals surface area contributed by atoms with Gasteiger partial charge in [0.15, 0.2) is 0 Å². The fourth-order valence-corrected chi connectivity index (χ4v) is 7.28. The summed E-state index contributed by atoms with van der Waals surface area (Å²) >= 11 is 0. The molecule has 0 radical (unpaired) electrons. The van der Waals surface area contributed by atoms with Crippen molar-refractivity contribution >= 4 is 39.0 Å². The number of hydrogen-bond donors (Lipinski definition) is 0. The Labute approximate surface area is 247 Å². The van der Waals surface area contributed by atoms with E-state index in [1.54, 1.807) is 0 Å². The molecule has 0 aliphatic heterocycles. The largest absolute Gasteiger partial charge is 0.456 e. The summed E-state index contributed by atoms with van der Waals surface area (Å²) in [5.74, 6) is 0.399. The van der Waals surface area contributed by atoms with Crippen LogP contribution in [-0.2, 0) is 5.41 Å². The standard InChI is InChI=1S/C40H33NO/c1-39(2)36-26-31(21-22-33(36)35-14-9-10-24-40(35,39)3)41(29-11-5-4-6-12-29)30-19-16-27(17-20-30)28-18-23-38-34(25-28)32-13-7-8-15-37(32)42-38/h4-26,35H,1-3H3/t35?,40-/m1/s1. The number of allylic oxidation sites excluding steroid dienone is 4. The summed E-state index contributed by atoms with van der Waals surface area (Å²) in [4.78, 5) is 2.38. The number of para-hydroxylation sites is 2. The number of benzene rings is 5. The Morgan fingerprint density at radius 1 is 0.595 bits per heavy atom. The first-order valence-electron chi connectivity index (χ1n) is 14.8. The van der Waals surface area contributed by atoms with Crippen molar-refractivity contribution in [2.45, 2.75) is 32.1 Å². The zero-order valence-corrected chi connectivity index (χ0v) is 24.2. The fraction of sp³-hybridized carbons (Fsp3) is 0.150. The van der Waals surface area contributed by atoms with Crippen LogP contribution in [0.3, 0.4) is 0 Å². The van der Waals surface area contributed by atoms with Gasteiger partial charge >= 0.3 is 0 Å². The number of nitrogens with zero attached hydrogens (tertiary/aromatic N) is 1. The van der Waals surface area contributed by atoms with Gasteiger partial charge in [-0.05, 0) is 82.3 Å². The molecule has 42 heavy (non-hydrogen) atoms. The maximum absolute atomic E-state index is 6.06. The molecule has 5 aromatic carbocycles. The summed E-state index contributed by atoms with van der Waals surface area (Å²) in [5, 5.41) is 2.30. The number of anilines is 3. The van der Waals surface area contributed by atoms with Crippen LogP contribution in [0.5, 0.6) is 0 Å². The Hall–Kier alpha value is -4.82. The van der Waals surface area contributed by atoms with Gasteiger partial charge in [0.25, 0.3) is 0 Å². The van der Waals surface area contributed by atoms with Gasteiger partial charge < -0.3 is 9.32 Å². The summed E-state index contributed by atoms with van der Waals surface area (Å²) in [5.41, 5.74) is 10.6. The van der Waals surface area contributed by atoms with E-state index in [1.165, 1.54) is 27.9 Å². The van der Waals surface area contributed by atoms with Crippen molar-refractivity contribution in [1.29, 1.82) is 0 Å². The van der Waals surface area contributed by atoms with Crippen molar-refractivity contribution in [3.05, 3.63) is 151 Å². The Morgan fingerprint density at radius 3 is 2.12 bits per heavy atom. The topological polar surface area (TPSA) is 16.4 Å². The van der Waals surface area contributed by atoms with E-state index >= 15 is 0 Å². The smallest absolute Gasteiger partial charge is 0.135 e. The molecule has 204 valence electrons. The van der Waals surface area contributed by atoms with Crippen LogP contribution in [0.15, 0.2) is 144 Å². The van der Waals surface area contributed by atoms with Crippen molar-refractivity contribution in [3.8, 4) is 11.1 Å². The molecule has 1 heterocycles. The lowest BCUT2D eigenvalue weighted by atomic mass is 9.62. The second kappa shape index (κ2) is 9.09. The first kappa shape index (κ1) is 24.9. The predicted octanol–water partition coefficient (Wildman–Crippen LogP) is 11.2. The molecule has 0 spiro atoms. The number of hydrogen-bond acceptors (Lipinski definition) is 2. The van der Waals surface area contributed by atoms with Crippen LogP contribution in [-0.4, -0.2) is 0 Å². The first-order valence-corrected chi connectivity index (χ1v) is 14.8. The summed E-state index contributed by atoms with van der Waals surface area (Å²) in [6.45, 7) is 7.22. The molecule has 6 aromatic rings. The van der Waals surface area contributed by atoms with Gasteiger partial charge in [-0.15, -0.1) is 0 Å². The highest BCUT2D eigenvalue weighted by molar-refractivity contribution is 6.06. The highest BCUT2D eigenvalue weighted by Gasteiger charge is 2.53. The minimum absolute atomic E-state index is 0.00634. The van der Waals surface area contributed by atoms with E-state index < -0.39 is 0 Å². The molecule has 1 aromatic heterocycles. The summed E-state index contributed by atoms with van der Waals surface area (Å²) in [6.07, 6.45) is 9.21. The Kier molecular flexibility index (Phi) is 5.40. The van der Waals surface area contributed by atoms with Crippen LogP contribution in [0.25, 0.3) is 33.1 Å². The van der Waals surface area contributed by atoms with E-state index in [9.17, 15) is 0 Å². The van der Waals surface area contributed by atoms with Crippen molar-refractivity contribution < 1.29 is 4.42 Å². The zero-order valence-electron chi connectivity index (χ0n) is 24.2. The molecule has 0 saturated heterocycles. The molecule has 0 fully saturated rings. The van der Waals surface area contributed by atoms with E-state index in [-0.39, 0.29) is 10.8 Å². The van der Waals surface area contributed by atoms with Crippen molar-refractivity contribution in [2.24, 2.45) is 5.41 Å². The van der Waals surface area contributed by atoms with Crippen LogP contribution >= 0.6 is 0 Å². The molecule has 8 rings (SSSR count). The molecule has 2 heteroatoms. The lowest BCUT2D eigenvalue weighted by molar-refractivity contribution is 0.245. The highest BCUT2D eigenvalue weighted by atomic mass is 16.3. The highest BCUT2D eigenvalue weighted by Crippen LogP contribution is 2.61. The van der Waals surface area contributed by atoms with Crippen molar-refractivity contribution in [1.82, 2.24) is 0 Å². The Balaban J connectivity index is 1.21. The predicted molar refractivity (Wildman–Crippen MR) is 176 cm³/mol. The number of rotatable bonds is 4. The fourth-order valence-electron chi connectivity index (χ4n) is 7.28. The molecular formula is C40H33NO. The molecular weight excluding hydrogens is 510 g/mol. The van der Waals surface area contributed by atoms with Crippen LogP contribution in [0.4, 0.5) is 17.1 Å². The lowest BCUT2D eigenvalue weighted by Gasteiger charge is -2.41. The number of fused-ring (bicyclic) bond motifs is 6. The van der Waals surface area contributed by atoms with Crippen LogP contribution in [0.2, 0.25) is 0 Å². The van der Waals surface area contributed by atoms with E-state index in [0.29, 0.717) is 5.92 Å². The zero-order chi connectivity index (χ0) is 28.5. The molecule has 1 unspecified atom stereocenters. The van der Waals surface area contributed by atoms with E-state index in [2.05, 4.69) is 153 Å². The third-order valence-electron chi connectivity index (χ3n) is 10.0. The van der Waals surface area contributed by atoms with Gasteiger partial charge in [0.1, 0.15) is 11.2 Å². The Morgan fingerprint density at radius 2 is 1.29 bits per heavy atom. The van der Waals surface area contributed by atoms with Crippen molar-refractivity contribution in [2.75, 3.05) is 4.90 Å². The van der Waals surface area contributed by atoms with Gasteiger partial charge in [0.05, 0.1) is 0 Å². The minimum Gasteiger partial charge on any atom is -0.456 e. The van der Waals surface area contributed by atoms with Crippen LogP contribution in [0, 0.1) is 5.41 Å². The third-order valence-corrected chi connectivity index (χ3v) is 10.0. The molecule has 2 nitrogen and oxygen atoms in total. The monoisotopic (exact) mass is 543 g/mol. The average Bonchev–Trinajstić information content (AvgIpc) is 3.48. The van der Waals surface area contributed by atoms with E-state index in [4.69, 9.17) is 4.42 Å². The minimum atomic E-state index is 0.00634. The maximum Gasteiger partial charge on any atom is 0.135 e. The molecule has 2 aliphatic carbocycles. The number of furan rings is 1. The molecule has 2 aliphatic rings. The SMILES string of the molecule is CC1(C)c2cc(N(c3ccccc3)c3ccc(-c4ccc5oc6ccccc6c5c4)cc3)ccc2C2C=CC=C[C@]21C. The molecule has 2 atom stereocenters. The van der Waals surface area contributed by atoms with E-state index in [1.807, 2.05) is 12.1 Å². The summed E-state index contributed by atoms with van der Waals surface area (Å²) in [7, 11) is 0. The molecule has 0 bridgehead atoms. The average molecular weight is 544 g/mol. The normalized spacial score (nSPS) is 20.1. The summed E-state index contributed by atoms with van der Waals surface area (Å²) in [6, 6.07) is 41.5. The van der Waals surface area contributed by atoms with Gasteiger partial charge in [-0.25, -0.2) is 0 Å². The second-order valence-corrected chi connectivity index (χ2v) is 12.4. The third kappa shape index (κ3) is 3.58. The summed E-state index contributed by atoms with van der Waals surface area (Å²) < 4.78 is 6.06. The Bertz CT molecular complexity index is 2030. The van der Waals surface area contributed by atoms with Gasteiger partial charge in [0.2, 0.25) is 0 Å². The maximum atomic E-state index is 6.06. The molecule has 0 saturated carbocycles.